The van der Waals surface area contributed by atoms with Gasteiger partial charge in [0.05, 0.1) is 13.2 Å². The molecule has 0 aliphatic carbocycles. The summed E-state index contributed by atoms with van der Waals surface area (Å²) in [5.41, 5.74) is 0.587. The van der Waals surface area contributed by atoms with Crippen molar-refractivity contribution in [1.82, 2.24) is 5.32 Å². The third kappa shape index (κ3) is 3.04. The van der Waals surface area contributed by atoms with Crippen LogP contribution in [0.4, 0.5) is 17.6 Å². The summed E-state index contributed by atoms with van der Waals surface area (Å²) in [6.07, 6.45) is -4.39. The first-order valence-electron chi connectivity index (χ1n) is 6.74. The van der Waals surface area contributed by atoms with Crippen molar-refractivity contribution in [1.29, 1.82) is 0 Å². The van der Waals surface area contributed by atoms with Crippen LogP contribution < -0.4 is 5.32 Å². The summed E-state index contributed by atoms with van der Waals surface area (Å²) in [4.78, 5) is 0. The molecule has 7 heteroatoms. The molecule has 2 atom stereocenters. The van der Waals surface area contributed by atoms with Crippen molar-refractivity contribution in [3.8, 4) is 0 Å². The zero-order chi connectivity index (χ0) is 15.1. The number of hydrogen-bond acceptors (Lipinski definition) is 3. The van der Waals surface area contributed by atoms with Crippen LogP contribution in [0.2, 0.25) is 0 Å². The second kappa shape index (κ2) is 5.23. The fraction of sp³-hybridized carbons (Fsp3) is 0.571. The molecule has 1 aromatic carbocycles. The maximum atomic E-state index is 13.1. The van der Waals surface area contributed by atoms with E-state index in [1.807, 2.05) is 0 Å². The second-order valence-electron chi connectivity index (χ2n) is 5.38. The van der Waals surface area contributed by atoms with Crippen molar-refractivity contribution in [3.05, 3.63) is 35.6 Å². The molecule has 116 valence electrons. The molecule has 21 heavy (non-hydrogen) atoms. The first-order chi connectivity index (χ1) is 9.88. The molecule has 2 heterocycles. The third-order valence-electron chi connectivity index (χ3n) is 3.91. The van der Waals surface area contributed by atoms with E-state index in [0.717, 1.165) is 0 Å². The number of nitrogens with one attached hydrogen (secondary N) is 1. The maximum Gasteiger partial charge on any atom is 0.404 e. The number of ether oxygens (including phenoxy) is 2. The zero-order valence-corrected chi connectivity index (χ0v) is 11.1. The Bertz CT molecular complexity index is 497. The van der Waals surface area contributed by atoms with Gasteiger partial charge in [0.25, 0.3) is 0 Å². The van der Waals surface area contributed by atoms with Gasteiger partial charge in [-0.3, -0.25) is 5.32 Å². The molecule has 1 aromatic rings. The Labute approximate surface area is 119 Å². The molecular formula is C14H15F4NO2. The molecule has 1 N–H and O–H groups in total. The fourth-order valence-corrected chi connectivity index (χ4v) is 2.92. The van der Waals surface area contributed by atoms with Gasteiger partial charge in [0.15, 0.2) is 5.79 Å². The summed E-state index contributed by atoms with van der Waals surface area (Å²) >= 11 is 0. The number of piperidine rings is 1. The van der Waals surface area contributed by atoms with Gasteiger partial charge in [-0.2, -0.15) is 13.2 Å². The average Bonchev–Trinajstić information content (AvgIpc) is 2.86. The van der Waals surface area contributed by atoms with E-state index in [0.29, 0.717) is 18.8 Å². The molecule has 0 amide bonds. The topological polar surface area (TPSA) is 30.5 Å². The number of benzene rings is 1. The third-order valence-corrected chi connectivity index (χ3v) is 3.91. The minimum absolute atomic E-state index is 0.269. The second-order valence-corrected chi connectivity index (χ2v) is 5.38. The quantitative estimate of drug-likeness (QED) is 0.809. The number of hydrogen-bond donors (Lipinski definition) is 1. The molecule has 2 aliphatic rings. The SMILES string of the molecule is Fc1ccc([C@@H]2CC3(C[C@H](C(F)(F)F)N2)OCCO3)cc1. The number of alkyl halides is 3. The summed E-state index contributed by atoms with van der Waals surface area (Å²) in [5.74, 6) is -1.63. The van der Waals surface area contributed by atoms with E-state index in [9.17, 15) is 17.6 Å². The van der Waals surface area contributed by atoms with Crippen LogP contribution >= 0.6 is 0 Å². The molecule has 2 fully saturated rings. The lowest BCUT2D eigenvalue weighted by atomic mass is 9.88. The van der Waals surface area contributed by atoms with Crippen LogP contribution in [-0.2, 0) is 9.47 Å². The van der Waals surface area contributed by atoms with Gasteiger partial charge in [-0.05, 0) is 17.7 Å². The van der Waals surface area contributed by atoms with Crippen LogP contribution in [0.15, 0.2) is 24.3 Å². The van der Waals surface area contributed by atoms with Crippen molar-refractivity contribution in [3.63, 3.8) is 0 Å². The van der Waals surface area contributed by atoms with E-state index in [-0.39, 0.29) is 12.8 Å². The molecule has 0 radical (unpaired) electrons. The zero-order valence-electron chi connectivity index (χ0n) is 11.1. The molecule has 0 saturated carbocycles. The van der Waals surface area contributed by atoms with Crippen molar-refractivity contribution >= 4 is 0 Å². The van der Waals surface area contributed by atoms with Gasteiger partial charge in [-0.1, -0.05) is 12.1 Å². The van der Waals surface area contributed by atoms with Crippen LogP contribution in [0.3, 0.4) is 0 Å². The van der Waals surface area contributed by atoms with Crippen molar-refractivity contribution < 1.29 is 27.0 Å². The Morgan fingerprint density at radius 1 is 1.05 bits per heavy atom. The smallest absolute Gasteiger partial charge is 0.347 e. The Hall–Kier alpha value is -1.18. The first kappa shape index (κ1) is 14.7. The summed E-state index contributed by atoms with van der Waals surface area (Å²) in [6.45, 7) is 0.585. The Morgan fingerprint density at radius 3 is 2.24 bits per heavy atom. The van der Waals surface area contributed by atoms with Gasteiger partial charge in [0.1, 0.15) is 11.9 Å². The first-order valence-corrected chi connectivity index (χ1v) is 6.74. The van der Waals surface area contributed by atoms with Crippen molar-refractivity contribution in [2.75, 3.05) is 13.2 Å². The van der Waals surface area contributed by atoms with E-state index in [1.165, 1.54) is 24.3 Å². The average molecular weight is 305 g/mol. The van der Waals surface area contributed by atoms with E-state index in [2.05, 4.69) is 5.32 Å². The lowest BCUT2D eigenvalue weighted by Crippen LogP contribution is -2.55. The summed E-state index contributed by atoms with van der Waals surface area (Å²) in [6, 6.07) is 3.13. The lowest BCUT2D eigenvalue weighted by molar-refractivity contribution is -0.233. The monoisotopic (exact) mass is 305 g/mol. The van der Waals surface area contributed by atoms with Gasteiger partial charge in [0.2, 0.25) is 0 Å². The minimum atomic E-state index is -4.39. The Kier molecular flexibility index (Phi) is 3.67. The lowest BCUT2D eigenvalue weighted by Gasteiger charge is -2.42. The van der Waals surface area contributed by atoms with E-state index < -0.39 is 29.9 Å². The molecule has 0 unspecified atom stereocenters. The predicted octanol–water partition coefficient (Wildman–Crippen LogP) is 2.92. The molecule has 0 aromatic heterocycles. The van der Waals surface area contributed by atoms with E-state index >= 15 is 0 Å². The maximum absolute atomic E-state index is 13.1. The molecule has 3 nitrogen and oxygen atoms in total. The van der Waals surface area contributed by atoms with Crippen molar-refractivity contribution in [2.45, 2.75) is 36.9 Å². The molecule has 2 saturated heterocycles. The van der Waals surface area contributed by atoms with Gasteiger partial charge in [-0.25, -0.2) is 4.39 Å². The van der Waals surface area contributed by atoms with Gasteiger partial charge in [-0.15, -0.1) is 0 Å². The number of halogens is 4. The summed E-state index contributed by atoms with van der Waals surface area (Å²) in [5, 5.41) is 2.57. The van der Waals surface area contributed by atoms with Crippen LogP contribution in [0, 0.1) is 5.82 Å². The summed E-state index contributed by atoms with van der Waals surface area (Å²) in [7, 11) is 0. The highest BCUT2D eigenvalue weighted by atomic mass is 19.4. The Balaban J connectivity index is 1.87. The Morgan fingerprint density at radius 2 is 1.67 bits per heavy atom. The summed E-state index contributed by atoms with van der Waals surface area (Å²) < 4.78 is 63.1. The van der Waals surface area contributed by atoms with Crippen LogP contribution in [0.25, 0.3) is 0 Å². The minimum Gasteiger partial charge on any atom is -0.347 e. The largest absolute Gasteiger partial charge is 0.404 e. The van der Waals surface area contributed by atoms with Crippen molar-refractivity contribution in [2.24, 2.45) is 0 Å². The highest BCUT2D eigenvalue weighted by Crippen LogP contribution is 2.42. The molecule has 0 bridgehead atoms. The molecule has 3 rings (SSSR count). The van der Waals surface area contributed by atoms with Crippen LogP contribution in [0.5, 0.6) is 0 Å². The highest BCUT2D eigenvalue weighted by molar-refractivity contribution is 5.21. The van der Waals surface area contributed by atoms with Gasteiger partial charge >= 0.3 is 6.18 Å². The standard InChI is InChI=1S/C14H15F4NO2/c15-10-3-1-9(2-4-10)11-7-13(20-5-6-21-13)8-12(19-11)14(16,17)18/h1-4,11-12,19H,5-8H2/t11-,12+/m0/s1. The molecule has 2 aliphatic heterocycles. The predicted molar refractivity (Wildman–Crippen MR) is 66.0 cm³/mol. The van der Waals surface area contributed by atoms with Gasteiger partial charge in [0, 0.05) is 18.9 Å². The molecular weight excluding hydrogens is 290 g/mol. The fourth-order valence-electron chi connectivity index (χ4n) is 2.92. The van der Waals surface area contributed by atoms with E-state index in [1.54, 1.807) is 0 Å². The van der Waals surface area contributed by atoms with Crippen LogP contribution in [0.1, 0.15) is 24.4 Å². The van der Waals surface area contributed by atoms with E-state index in [4.69, 9.17) is 9.47 Å². The normalized spacial score (nSPS) is 29.0. The van der Waals surface area contributed by atoms with Gasteiger partial charge < -0.3 is 9.47 Å². The van der Waals surface area contributed by atoms with Crippen LogP contribution in [-0.4, -0.2) is 31.2 Å². The molecule has 1 spiro atoms. The number of rotatable bonds is 1. The highest BCUT2D eigenvalue weighted by Gasteiger charge is 2.53.